The fraction of sp³-hybridized carbons (Fsp3) is 0. The van der Waals surface area contributed by atoms with Crippen molar-refractivity contribution in [2.75, 3.05) is 0 Å². The van der Waals surface area contributed by atoms with Crippen molar-refractivity contribution >= 4 is 55.7 Å². The van der Waals surface area contributed by atoms with Crippen molar-refractivity contribution in [3.05, 3.63) is 35.3 Å². The summed E-state index contributed by atoms with van der Waals surface area (Å²) < 4.78 is 2.22. The first-order valence-electron chi connectivity index (χ1n) is 5.61. The second kappa shape index (κ2) is 5.53. The SMILES string of the molecule is NSc1nc(C(=O)C(=O)[O-])c[s+]1-c1nc2ccccc2s1. The molecule has 1 aromatic carbocycles. The van der Waals surface area contributed by atoms with E-state index in [1.807, 2.05) is 24.3 Å². The molecule has 0 bridgehead atoms. The summed E-state index contributed by atoms with van der Waals surface area (Å²) >= 11 is 2.36. The molecule has 0 aliphatic heterocycles. The van der Waals surface area contributed by atoms with Crippen LogP contribution in [0.5, 0.6) is 0 Å². The molecule has 2 heterocycles. The third-order valence-electron chi connectivity index (χ3n) is 2.61. The van der Waals surface area contributed by atoms with Crippen molar-refractivity contribution in [1.82, 2.24) is 9.97 Å². The van der Waals surface area contributed by atoms with Gasteiger partial charge in [-0.25, -0.2) is 0 Å². The van der Waals surface area contributed by atoms with E-state index in [-0.39, 0.29) is 5.69 Å². The van der Waals surface area contributed by atoms with Gasteiger partial charge in [0.05, 0.1) is 20.7 Å². The number of nitrogens with two attached hydrogens (primary N) is 1. The quantitative estimate of drug-likeness (QED) is 0.331. The summed E-state index contributed by atoms with van der Waals surface area (Å²) in [6.45, 7) is 0. The zero-order valence-corrected chi connectivity index (χ0v) is 12.8. The van der Waals surface area contributed by atoms with E-state index < -0.39 is 22.2 Å². The number of carboxylic acids is 1. The lowest BCUT2D eigenvalue weighted by molar-refractivity contribution is -0.296. The Hall–Kier alpha value is -1.81. The summed E-state index contributed by atoms with van der Waals surface area (Å²) in [7, 11) is -0.707. The van der Waals surface area contributed by atoms with Crippen LogP contribution < -0.4 is 10.2 Å². The molecule has 106 valence electrons. The Morgan fingerprint density at radius 1 is 1.29 bits per heavy atom. The smallest absolute Gasteiger partial charge is 0.332 e. The number of aromatic nitrogens is 2. The van der Waals surface area contributed by atoms with Gasteiger partial charge in [0.15, 0.2) is 11.1 Å². The molecule has 0 saturated heterocycles. The standard InChI is InChI=1S/C12H7N3O3S3/c13-20-12-15-7(9(16)10(17)18)5-21(12)11-14-6-3-1-2-4-8(6)19-11/h1-5H,13H2. The minimum atomic E-state index is -1.78. The highest BCUT2D eigenvalue weighted by Gasteiger charge is 2.28. The van der Waals surface area contributed by atoms with Crippen molar-refractivity contribution in [3.8, 4) is 4.34 Å². The molecule has 6 nitrogen and oxygen atoms in total. The Bertz CT molecular complexity index is 823. The molecule has 3 rings (SSSR count). The molecule has 3 aromatic rings. The minimum absolute atomic E-state index is 0.148. The average molecular weight is 337 g/mol. The van der Waals surface area contributed by atoms with Crippen molar-refractivity contribution in [2.24, 2.45) is 5.14 Å². The van der Waals surface area contributed by atoms with Gasteiger partial charge in [-0.3, -0.25) is 9.93 Å². The highest BCUT2D eigenvalue weighted by molar-refractivity contribution is 7.99. The van der Waals surface area contributed by atoms with Gasteiger partial charge in [-0.2, -0.15) is 9.97 Å². The van der Waals surface area contributed by atoms with Crippen LogP contribution in [-0.2, 0) is 4.79 Å². The second-order valence-electron chi connectivity index (χ2n) is 3.90. The number of para-hydroxylation sites is 1. The summed E-state index contributed by atoms with van der Waals surface area (Å²) in [4.78, 5) is 30.6. The molecule has 0 aliphatic rings. The zero-order valence-electron chi connectivity index (χ0n) is 10.3. The summed E-state index contributed by atoms with van der Waals surface area (Å²) in [5, 5.41) is 17.7. The first-order valence-corrected chi connectivity index (χ1v) is 8.60. The van der Waals surface area contributed by atoms with Gasteiger partial charge in [-0.15, -0.1) is 0 Å². The van der Waals surface area contributed by atoms with E-state index in [0.717, 1.165) is 26.5 Å². The van der Waals surface area contributed by atoms with Gasteiger partial charge in [-0.1, -0.05) is 23.5 Å². The van der Waals surface area contributed by atoms with Crippen LogP contribution in [0.2, 0.25) is 0 Å². The van der Waals surface area contributed by atoms with Crippen molar-refractivity contribution in [3.63, 3.8) is 0 Å². The van der Waals surface area contributed by atoms with E-state index in [1.165, 1.54) is 16.7 Å². The highest BCUT2D eigenvalue weighted by atomic mass is 32.2. The van der Waals surface area contributed by atoms with E-state index in [4.69, 9.17) is 5.14 Å². The predicted molar refractivity (Wildman–Crippen MR) is 80.6 cm³/mol. The normalized spacial score (nSPS) is 11.8. The van der Waals surface area contributed by atoms with Gasteiger partial charge in [0.1, 0.15) is 5.97 Å². The number of carboxylic acid groups (broad SMARTS) is 1. The molecule has 2 aromatic heterocycles. The average Bonchev–Trinajstić information content (AvgIpc) is 3.09. The number of carbonyl (C=O) groups is 2. The second-order valence-corrected chi connectivity index (χ2v) is 7.76. The van der Waals surface area contributed by atoms with E-state index in [9.17, 15) is 14.7 Å². The Kier molecular flexibility index (Phi) is 3.72. The van der Waals surface area contributed by atoms with Crippen LogP contribution in [0.25, 0.3) is 14.6 Å². The molecule has 21 heavy (non-hydrogen) atoms. The van der Waals surface area contributed by atoms with E-state index in [2.05, 4.69) is 9.97 Å². The molecular weight excluding hydrogens is 330 g/mol. The first-order chi connectivity index (χ1) is 10.1. The van der Waals surface area contributed by atoms with Crippen LogP contribution in [0.3, 0.4) is 0 Å². The highest BCUT2D eigenvalue weighted by Crippen LogP contribution is 2.43. The summed E-state index contributed by atoms with van der Waals surface area (Å²) in [5.74, 6) is -2.92. The van der Waals surface area contributed by atoms with E-state index in [1.54, 1.807) is 0 Å². The zero-order chi connectivity index (χ0) is 15.0. The van der Waals surface area contributed by atoms with Gasteiger partial charge in [0.25, 0.3) is 0 Å². The maximum absolute atomic E-state index is 11.5. The number of nitrogens with zero attached hydrogens (tertiary/aromatic N) is 2. The Morgan fingerprint density at radius 3 is 2.71 bits per heavy atom. The first kappa shape index (κ1) is 14.1. The number of hydrogen-bond acceptors (Lipinski definition) is 8. The Labute approximate surface area is 129 Å². The maximum atomic E-state index is 11.5. The number of thiazole rings is 2. The number of benzene rings is 1. The fourth-order valence-corrected chi connectivity index (χ4v) is 5.63. The number of carbonyl (C=O) groups excluding carboxylic acids is 2. The lowest BCUT2D eigenvalue weighted by Gasteiger charge is -1.92. The molecule has 0 fully saturated rings. The molecule has 0 amide bonds. The van der Waals surface area contributed by atoms with Gasteiger partial charge < -0.3 is 9.90 Å². The lowest BCUT2D eigenvalue weighted by Crippen LogP contribution is -2.31. The molecule has 1 unspecified atom stereocenters. The topological polar surface area (TPSA) is 109 Å². The van der Waals surface area contributed by atoms with E-state index in [0.29, 0.717) is 4.34 Å². The van der Waals surface area contributed by atoms with Gasteiger partial charge in [0.2, 0.25) is 5.78 Å². The molecular formula is C12H7N3O3S3. The fourth-order valence-electron chi connectivity index (χ4n) is 1.69. The summed E-state index contributed by atoms with van der Waals surface area (Å²) in [6.07, 6.45) is 0. The van der Waals surface area contributed by atoms with Gasteiger partial charge >= 0.3 is 8.68 Å². The van der Waals surface area contributed by atoms with Crippen LogP contribution in [0.1, 0.15) is 10.5 Å². The molecule has 0 spiro atoms. The van der Waals surface area contributed by atoms with Crippen LogP contribution in [-0.4, -0.2) is 21.7 Å². The van der Waals surface area contributed by atoms with Crippen LogP contribution in [0, 0.1) is 0 Å². The molecule has 0 saturated carbocycles. The number of Topliss-reactive ketones (excluding diaryl/α,β-unsaturated/α-hetero) is 1. The largest absolute Gasteiger partial charge is 0.541 e. The summed E-state index contributed by atoms with van der Waals surface area (Å²) in [5.41, 5.74) is 0.699. The van der Waals surface area contributed by atoms with Crippen LogP contribution in [0.4, 0.5) is 0 Å². The lowest BCUT2D eigenvalue weighted by atomic mass is 10.3. The molecule has 1 atom stereocenters. The monoisotopic (exact) mass is 337 g/mol. The molecule has 2 N–H and O–H groups in total. The number of hydrogen-bond donors (Lipinski definition) is 1. The predicted octanol–water partition coefficient (Wildman–Crippen LogP) is 1.33. The number of rotatable bonds is 4. The third-order valence-corrected chi connectivity index (χ3v) is 6.74. The van der Waals surface area contributed by atoms with Crippen molar-refractivity contribution in [2.45, 2.75) is 4.34 Å². The number of ketones is 1. The summed E-state index contributed by atoms with van der Waals surface area (Å²) in [6, 6.07) is 7.63. The minimum Gasteiger partial charge on any atom is -0.541 e. The van der Waals surface area contributed by atoms with Crippen molar-refractivity contribution < 1.29 is 14.7 Å². The molecule has 0 aliphatic carbocycles. The van der Waals surface area contributed by atoms with Gasteiger partial charge in [-0.05, 0) is 12.1 Å². The third kappa shape index (κ3) is 2.56. The molecule has 9 heteroatoms. The Morgan fingerprint density at radius 2 is 2.05 bits per heavy atom. The van der Waals surface area contributed by atoms with Crippen LogP contribution >= 0.6 is 33.8 Å². The van der Waals surface area contributed by atoms with Gasteiger partial charge in [0, 0.05) is 11.9 Å². The number of fused-ring (bicyclic) bond motifs is 1. The Balaban J connectivity index is 2.12. The van der Waals surface area contributed by atoms with Crippen molar-refractivity contribution in [1.29, 1.82) is 0 Å². The van der Waals surface area contributed by atoms with Crippen LogP contribution in [0.15, 0.2) is 34.0 Å². The number of aliphatic carboxylic acids is 1. The molecule has 0 radical (unpaired) electrons. The van der Waals surface area contributed by atoms with E-state index >= 15 is 0 Å². The maximum Gasteiger partial charge on any atom is 0.332 e.